The molecule has 0 aromatic carbocycles. The van der Waals surface area contributed by atoms with Crippen LogP contribution in [0.3, 0.4) is 0 Å². The highest BCUT2D eigenvalue weighted by Crippen LogP contribution is 2.39. The van der Waals surface area contributed by atoms with E-state index in [0.29, 0.717) is 17.1 Å². The van der Waals surface area contributed by atoms with Gasteiger partial charge in [-0.05, 0) is 51.4 Å². The van der Waals surface area contributed by atoms with E-state index in [-0.39, 0.29) is 5.12 Å². The number of thioether (sulfide) groups is 1. The van der Waals surface area contributed by atoms with Crippen molar-refractivity contribution in [1.29, 1.82) is 0 Å². The third-order valence-corrected chi connectivity index (χ3v) is 5.08. The Morgan fingerprint density at radius 2 is 1.96 bits per heavy atom. The molecule has 0 amide bonds. The van der Waals surface area contributed by atoms with Crippen LogP contribution in [0.25, 0.3) is 6.08 Å². The van der Waals surface area contributed by atoms with E-state index in [1.807, 2.05) is 33.8 Å². The van der Waals surface area contributed by atoms with Crippen molar-refractivity contribution >= 4 is 35.8 Å². The second-order valence-corrected chi connectivity index (χ2v) is 7.72. The molecule has 0 unspecified atom stereocenters. The lowest BCUT2D eigenvalue weighted by Crippen LogP contribution is -2.41. The third-order valence-electron chi connectivity index (χ3n) is 4.19. The van der Waals surface area contributed by atoms with Gasteiger partial charge in [-0.3, -0.25) is 9.78 Å². The van der Waals surface area contributed by atoms with Gasteiger partial charge in [0.05, 0.1) is 22.6 Å². The van der Waals surface area contributed by atoms with Gasteiger partial charge in [-0.15, -0.1) is 0 Å². The summed E-state index contributed by atoms with van der Waals surface area (Å²) in [7, 11) is -0.520. The van der Waals surface area contributed by atoms with Gasteiger partial charge in [0.25, 0.3) is 0 Å². The molecule has 5 nitrogen and oxygen atoms in total. The lowest BCUT2D eigenvalue weighted by Gasteiger charge is -2.32. The highest BCUT2D eigenvalue weighted by molar-refractivity contribution is 8.13. The van der Waals surface area contributed by atoms with Crippen molar-refractivity contribution in [3.63, 3.8) is 0 Å². The molecule has 124 valence electrons. The summed E-state index contributed by atoms with van der Waals surface area (Å²) in [5.41, 5.74) is 7.17. The normalized spacial score (nSPS) is 19.9. The molecule has 1 aromatic rings. The van der Waals surface area contributed by atoms with Crippen LogP contribution in [0.5, 0.6) is 0 Å². The standard InChI is InChI=1S/C16H23BN2O3S/c1-11(20)23-10-12(9-14-13(18)7-6-8-19-14)17-21-15(2,3)16(4,5)22-17/h6-9H,10,18H2,1-5H3. The van der Waals surface area contributed by atoms with Crippen molar-refractivity contribution in [2.24, 2.45) is 0 Å². The summed E-state index contributed by atoms with van der Waals surface area (Å²) in [4.78, 5) is 15.6. The fraction of sp³-hybridized carbons (Fsp3) is 0.500. The molecule has 0 atom stereocenters. The van der Waals surface area contributed by atoms with E-state index in [4.69, 9.17) is 15.0 Å². The van der Waals surface area contributed by atoms with Crippen LogP contribution in [0.4, 0.5) is 5.69 Å². The van der Waals surface area contributed by atoms with Crippen molar-refractivity contribution in [3.8, 4) is 0 Å². The van der Waals surface area contributed by atoms with Gasteiger partial charge in [-0.2, -0.15) is 0 Å². The molecule has 2 rings (SSSR count). The molecule has 1 aliphatic heterocycles. The Hall–Kier alpha value is -1.31. The average Bonchev–Trinajstić information content (AvgIpc) is 2.65. The monoisotopic (exact) mass is 334 g/mol. The van der Waals surface area contributed by atoms with Gasteiger partial charge in [0.2, 0.25) is 0 Å². The molecule has 0 radical (unpaired) electrons. The van der Waals surface area contributed by atoms with E-state index >= 15 is 0 Å². The minimum absolute atomic E-state index is 0.0430. The molecule has 1 fully saturated rings. The van der Waals surface area contributed by atoms with Crippen molar-refractivity contribution in [3.05, 3.63) is 29.5 Å². The lowest BCUT2D eigenvalue weighted by atomic mass is 9.78. The molecule has 1 saturated heterocycles. The predicted octanol–water partition coefficient (Wildman–Crippen LogP) is 2.96. The van der Waals surface area contributed by atoms with E-state index in [2.05, 4.69) is 4.98 Å². The van der Waals surface area contributed by atoms with Gasteiger partial charge in [-0.1, -0.05) is 11.8 Å². The molecule has 23 heavy (non-hydrogen) atoms. The van der Waals surface area contributed by atoms with Crippen molar-refractivity contribution in [1.82, 2.24) is 4.98 Å². The summed E-state index contributed by atoms with van der Waals surface area (Å²) in [5.74, 6) is 0.474. The van der Waals surface area contributed by atoms with Gasteiger partial charge in [-0.25, -0.2) is 0 Å². The Labute approximate surface area is 142 Å². The minimum atomic E-state index is -0.520. The van der Waals surface area contributed by atoms with Gasteiger partial charge in [0, 0.05) is 18.9 Å². The minimum Gasteiger partial charge on any atom is -0.400 e. The zero-order valence-corrected chi connectivity index (χ0v) is 15.1. The van der Waals surface area contributed by atoms with Crippen LogP contribution in [0.2, 0.25) is 0 Å². The van der Waals surface area contributed by atoms with Gasteiger partial charge < -0.3 is 15.0 Å². The van der Waals surface area contributed by atoms with Gasteiger partial charge >= 0.3 is 7.12 Å². The summed E-state index contributed by atoms with van der Waals surface area (Å²) in [6.07, 6.45) is 3.54. The Balaban J connectivity index is 2.32. The number of carbonyl (C=O) groups excluding carboxylic acids is 1. The molecule has 7 heteroatoms. The molecular formula is C16H23BN2O3S. The molecule has 1 aliphatic rings. The number of anilines is 1. The molecule has 0 bridgehead atoms. The van der Waals surface area contributed by atoms with Crippen molar-refractivity contribution < 1.29 is 14.1 Å². The fourth-order valence-electron chi connectivity index (χ4n) is 2.08. The Morgan fingerprint density at radius 3 is 2.48 bits per heavy atom. The number of hydrogen-bond acceptors (Lipinski definition) is 6. The van der Waals surface area contributed by atoms with E-state index < -0.39 is 18.3 Å². The number of hydrogen-bond donors (Lipinski definition) is 1. The third kappa shape index (κ3) is 4.16. The predicted molar refractivity (Wildman–Crippen MR) is 95.8 cm³/mol. The number of nitrogen functional groups attached to an aromatic ring is 1. The number of carbonyl (C=O) groups is 1. The van der Waals surface area contributed by atoms with Crippen LogP contribution in [-0.4, -0.2) is 34.2 Å². The van der Waals surface area contributed by atoms with Crippen molar-refractivity contribution in [2.75, 3.05) is 11.5 Å². The van der Waals surface area contributed by atoms with Gasteiger partial charge in [0.1, 0.15) is 0 Å². The molecule has 2 N–H and O–H groups in total. The molecule has 0 saturated carbocycles. The number of rotatable bonds is 4. The second kappa shape index (κ2) is 6.67. The highest BCUT2D eigenvalue weighted by Gasteiger charge is 2.52. The van der Waals surface area contributed by atoms with E-state index in [1.165, 1.54) is 11.8 Å². The topological polar surface area (TPSA) is 74.4 Å². The zero-order chi connectivity index (χ0) is 17.3. The number of nitrogens with two attached hydrogens (primary N) is 1. The van der Waals surface area contributed by atoms with Crippen LogP contribution in [0.15, 0.2) is 23.8 Å². The molecule has 0 spiro atoms. The first kappa shape index (κ1) is 18.0. The van der Waals surface area contributed by atoms with Crippen molar-refractivity contribution in [2.45, 2.75) is 45.8 Å². The molecular weight excluding hydrogens is 311 g/mol. The lowest BCUT2D eigenvalue weighted by molar-refractivity contribution is -0.109. The quantitative estimate of drug-likeness (QED) is 0.854. The average molecular weight is 334 g/mol. The van der Waals surface area contributed by atoms with E-state index in [1.54, 1.807) is 25.3 Å². The van der Waals surface area contributed by atoms with E-state index in [0.717, 1.165) is 5.47 Å². The Kier molecular flexibility index (Phi) is 5.23. The summed E-state index contributed by atoms with van der Waals surface area (Å²) in [6, 6.07) is 3.57. The van der Waals surface area contributed by atoms with Crippen LogP contribution in [0, 0.1) is 0 Å². The number of nitrogens with zero attached hydrogens (tertiary/aromatic N) is 1. The largest absolute Gasteiger partial charge is 0.491 e. The maximum Gasteiger partial charge on any atom is 0.491 e. The number of pyridine rings is 1. The fourth-order valence-corrected chi connectivity index (χ4v) is 2.67. The zero-order valence-electron chi connectivity index (χ0n) is 14.3. The first-order chi connectivity index (χ1) is 10.6. The number of aromatic nitrogens is 1. The van der Waals surface area contributed by atoms with Crippen LogP contribution >= 0.6 is 11.8 Å². The molecule has 1 aromatic heterocycles. The SMILES string of the molecule is CC(=O)SCC(=Cc1ncccc1N)B1OC(C)(C)C(C)(C)O1. The summed E-state index contributed by atoms with van der Waals surface area (Å²) < 4.78 is 12.2. The van der Waals surface area contributed by atoms with Crippen LogP contribution in [-0.2, 0) is 14.1 Å². The Morgan fingerprint density at radius 1 is 1.35 bits per heavy atom. The van der Waals surface area contributed by atoms with E-state index in [9.17, 15) is 4.79 Å². The van der Waals surface area contributed by atoms with Crippen LogP contribution < -0.4 is 5.73 Å². The van der Waals surface area contributed by atoms with Crippen LogP contribution in [0.1, 0.15) is 40.3 Å². The first-order valence-corrected chi connectivity index (χ1v) is 8.51. The highest BCUT2D eigenvalue weighted by atomic mass is 32.2. The maximum absolute atomic E-state index is 11.4. The first-order valence-electron chi connectivity index (χ1n) is 7.52. The summed E-state index contributed by atoms with van der Waals surface area (Å²) in [5, 5.41) is 0.0430. The molecule has 2 heterocycles. The Bertz CT molecular complexity index is 616. The second-order valence-electron chi connectivity index (χ2n) is 6.57. The summed E-state index contributed by atoms with van der Waals surface area (Å²) >= 11 is 1.22. The smallest absolute Gasteiger partial charge is 0.400 e. The molecule has 0 aliphatic carbocycles. The van der Waals surface area contributed by atoms with Gasteiger partial charge in [0.15, 0.2) is 5.12 Å². The maximum atomic E-state index is 11.4. The summed E-state index contributed by atoms with van der Waals surface area (Å²) in [6.45, 7) is 9.53.